The van der Waals surface area contributed by atoms with Gasteiger partial charge >= 0.3 is 5.97 Å². The zero-order valence-corrected chi connectivity index (χ0v) is 10.1. The molecule has 7 heteroatoms. The summed E-state index contributed by atoms with van der Waals surface area (Å²) in [6.45, 7) is 0. The number of benzene rings is 1. The molecule has 102 valence electrons. The van der Waals surface area contributed by atoms with Crippen molar-refractivity contribution in [3.8, 4) is 5.75 Å². The predicted molar refractivity (Wildman–Crippen MR) is 62.5 cm³/mol. The number of carbonyl (C=O) groups excluding carboxylic acids is 2. The molecule has 0 heterocycles. The lowest BCUT2D eigenvalue weighted by Gasteiger charge is -2.12. The average Bonchev–Trinajstić information content (AvgIpc) is 2.37. The van der Waals surface area contributed by atoms with Gasteiger partial charge in [-0.1, -0.05) is 0 Å². The number of ketones is 1. The number of hydrogen-bond acceptors (Lipinski definition) is 4. The molecule has 0 aliphatic rings. The number of methoxy groups -OCH3 is 1. The molecule has 6 nitrogen and oxygen atoms in total. The maximum absolute atomic E-state index is 13.1. The molecule has 0 bridgehead atoms. The Balaban J connectivity index is 2.96. The Labute approximate surface area is 108 Å². The van der Waals surface area contributed by atoms with Crippen molar-refractivity contribution in [3.05, 3.63) is 29.6 Å². The van der Waals surface area contributed by atoms with Gasteiger partial charge in [-0.3, -0.25) is 9.59 Å². The van der Waals surface area contributed by atoms with E-state index in [1.54, 1.807) is 0 Å². The zero-order valence-electron chi connectivity index (χ0n) is 10.1. The van der Waals surface area contributed by atoms with Crippen molar-refractivity contribution in [3.63, 3.8) is 0 Å². The molecule has 0 spiro atoms. The molecule has 19 heavy (non-hydrogen) atoms. The Bertz CT molecular complexity index is 503. The maximum Gasteiger partial charge on any atom is 0.326 e. The molecule has 1 amide bonds. The highest BCUT2D eigenvalue weighted by molar-refractivity contribution is 6.01. The van der Waals surface area contributed by atoms with Gasteiger partial charge in [-0.05, 0) is 18.2 Å². The number of halogens is 1. The number of aliphatic carboxylic acids is 1. The Morgan fingerprint density at radius 1 is 1.53 bits per heavy atom. The van der Waals surface area contributed by atoms with Crippen LogP contribution in [-0.2, 0) is 9.59 Å². The van der Waals surface area contributed by atoms with Gasteiger partial charge < -0.3 is 15.2 Å². The summed E-state index contributed by atoms with van der Waals surface area (Å²) >= 11 is 0. The van der Waals surface area contributed by atoms with Crippen LogP contribution in [0.25, 0.3) is 0 Å². The van der Waals surface area contributed by atoms with E-state index in [1.165, 1.54) is 13.2 Å². The lowest BCUT2D eigenvalue weighted by atomic mass is 10.0. The van der Waals surface area contributed by atoms with E-state index in [0.717, 1.165) is 12.1 Å². The molecule has 0 aliphatic heterocycles. The number of ether oxygens (including phenoxy) is 1. The molecule has 1 aromatic carbocycles. The second kappa shape index (κ2) is 6.48. The van der Waals surface area contributed by atoms with E-state index in [9.17, 15) is 18.8 Å². The highest BCUT2D eigenvalue weighted by Gasteiger charge is 2.23. The van der Waals surface area contributed by atoms with E-state index >= 15 is 0 Å². The van der Waals surface area contributed by atoms with Gasteiger partial charge in [0.05, 0.1) is 12.7 Å². The first-order valence-electron chi connectivity index (χ1n) is 5.28. The van der Waals surface area contributed by atoms with E-state index in [4.69, 9.17) is 9.84 Å². The van der Waals surface area contributed by atoms with Crippen molar-refractivity contribution >= 4 is 18.2 Å². The van der Waals surface area contributed by atoms with Crippen LogP contribution in [0.2, 0.25) is 0 Å². The van der Waals surface area contributed by atoms with Crippen molar-refractivity contribution in [2.24, 2.45) is 0 Å². The SMILES string of the molecule is COc1ccc(F)cc1C(=O)CC(NC=O)C(=O)O. The molecule has 0 aliphatic carbocycles. The van der Waals surface area contributed by atoms with Gasteiger partial charge in [-0.2, -0.15) is 0 Å². The first kappa shape index (κ1) is 14.6. The molecule has 1 atom stereocenters. The molecule has 2 N–H and O–H groups in total. The number of hydrogen-bond donors (Lipinski definition) is 2. The third-order valence-corrected chi connectivity index (χ3v) is 2.42. The summed E-state index contributed by atoms with van der Waals surface area (Å²) in [6, 6.07) is 1.98. The van der Waals surface area contributed by atoms with Crippen molar-refractivity contribution < 1.29 is 28.6 Å². The fourth-order valence-electron chi connectivity index (χ4n) is 1.49. The number of rotatable bonds is 7. The number of amides is 1. The van der Waals surface area contributed by atoms with E-state index in [1.807, 2.05) is 5.32 Å². The van der Waals surface area contributed by atoms with Crippen molar-refractivity contribution in [1.29, 1.82) is 0 Å². The average molecular weight is 269 g/mol. The van der Waals surface area contributed by atoms with Gasteiger partial charge in [0.15, 0.2) is 5.78 Å². The number of carbonyl (C=O) groups is 3. The van der Waals surface area contributed by atoms with E-state index in [-0.39, 0.29) is 17.7 Å². The number of carboxylic acids is 1. The second-order valence-corrected chi connectivity index (χ2v) is 3.65. The second-order valence-electron chi connectivity index (χ2n) is 3.65. The normalized spacial score (nSPS) is 11.5. The number of carboxylic acid groups (broad SMARTS) is 1. The summed E-state index contributed by atoms with van der Waals surface area (Å²) in [5.74, 6) is -2.49. The smallest absolute Gasteiger partial charge is 0.326 e. The van der Waals surface area contributed by atoms with Gasteiger partial charge in [-0.15, -0.1) is 0 Å². The van der Waals surface area contributed by atoms with Gasteiger partial charge in [0.25, 0.3) is 0 Å². The zero-order chi connectivity index (χ0) is 14.4. The topological polar surface area (TPSA) is 92.7 Å². The number of Topliss-reactive ketones (excluding diaryl/α,β-unsaturated/α-hetero) is 1. The molecule has 0 aromatic heterocycles. The third kappa shape index (κ3) is 3.77. The quantitative estimate of drug-likeness (QED) is 0.558. The van der Waals surface area contributed by atoms with Gasteiger partial charge in [0, 0.05) is 6.42 Å². The Kier molecular flexibility index (Phi) is 4.99. The molecule has 1 rings (SSSR count). The Morgan fingerprint density at radius 2 is 2.21 bits per heavy atom. The fourth-order valence-corrected chi connectivity index (χ4v) is 1.49. The first-order chi connectivity index (χ1) is 8.99. The summed E-state index contributed by atoms with van der Waals surface area (Å²) in [6.07, 6.45) is -0.303. The van der Waals surface area contributed by atoms with E-state index in [0.29, 0.717) is 0 Å². The van der Waals surface area contributed by atoms with Crippen LogP contribution in [0.3, 0.4) is 0 Å². The van der Waals surface area contributed by atoms with Crippen molar-refractivity contribution in [2.45, 2.75) is 12.5 Å². The summed E-state index contributed by atoms with van der Waals surface area (Å²) < 4.78 is 18.0. The minimum atomic E-state index is -1.36. The highest BCUT2D eigenvalue weighted by atomic mass is 19.1. The molecule has 0 saturated heterocycles. The summed E-state index contributed by atoms with van der Waals surface area (Å²) in [7, 11) is 1.31. The summed E-state index contributed by atoms with van der Waals surface area (Å²) in [5.41, 5.74) is -0.0681. The van der Waals surface area contributed by atoms with E-state index in [2.05, 4.69) is 0 Å². The molecule has 0 saturated carbocycles. The Hall–Kier alpha value is -2.44. The largest absolute Gasteiger partial charge is 0.496 e. The van der Waals surface area contributed by atoms with Crippen LogP contribution in [-0.4, -0.2) is 36.4 Å². The fraction of sp³-hybridized carbons (Fsp3) is 0.250. The standard InChI is InChI=1S/C12H12FNO5/c1-19-11-3-2-7(13)4-8(11)10(16)5-9(12(17)18)14-6-15/h2-4,6,9H,5H2,1H3,(H,14,15)(H,17,18). The van der Waals surface area contributed by atoms with Crippen LogP contribution in [0, 0.1) is 5.82 Å². The van der Waals surface area contributed by atoms with Crippen LogP contribution in [0.1, 0.15) is 16.8 Å². The molecular weight excluding hydrogens is 257 g/mol. The van der Waals surface area contributed by atoms with Crippen molar-refractivity contribution in [2.75, 3.05) is 7.11 Å². The third-order valence-electron chi connectivity index (χ3n) is 2.42. The summed E-state index contributed by atoms with van der Waals surface area (Å²) in [5, 5.41) is 10.8. The monoisotopic (exact) mass is 269 g/mol. The number of nitrogens with one attached hydrogen (secondary N) is 1. The summed E-state index contributed by atoms with van der Waals surface area (Å²) in [4.78, 5) is 32.9. The van der Waals surface area contributed by atoms with Gasteiger partial charge in [0.2, 0.25) is 6.41 Å². The lowest BCUT2D eigenvalue weighted by Crippen LogP contribution is -2.37. The maximum atomic E-state index is 13.1. The minimum Gasteiger partial charge on any atom is -0.496 e. The van der Waals surface area contributed by atoms with Gasteiger partial charge in [0.1, 0.15) is 17.6 Å². The molecule has 0 radical (unpaired) electrons. The predicted octanol–water partition coefficient (Wildman–Crippen LogP) is 0.606. The van der Waals surface area contributed by atoms with Crippen LogP contribution in [0.4, 0.5) is 4.39 Å². The molecule has 1 aromatic rings. The molecular formula is C12H12FNO5. The molecule has 0 fully saturated rings. The van der Waals surface area contributed by atoms with Gasteiger partial charge in [-0.25, -0.2) is 9.18 Å². The minimum absolute atomic E-state index is 0.0681. The highest BCUT2D eigenvalue weighted by Crippen LogP contribution is 2.21. The van der Waals surface area contributed by atoms with Crippen LogP contribution in [0.5, 0.6) is 5.75 Å². The molecule has 1 unspecified atom stereocenters. The van der Waals surface area contributed by atoms with Crippen molar-refractivity contribution in [1.82, 2.24) is 5.32 Å². The van der Waals surface area contributed by atoms with E-state index < -0.39 is 30.0 Å². The van der Waals surface area contributed by atoms with Crippen LogP contribution < -0.4 is 10.1 Å². The van der Waals surface area contributed by atoms with Crippen LogP contribution in [0.15, 0.2) is 18.2 Å². The first-order valence-corrected chi connectivity index (χ1v) is 5.28. The lowest BCUT2D eigenvalue weighted by molar-refractivity contribution is -0.140. The van der Waals surface area contributed by atoms with Crippen LogP contribution >= 0.6 is 0 Å². The Morgan fingerprint density at radius 3 is 2.74 bits per heavy atom.